The second-order valence-corrected chi connectivity index (χ2v) is 6.82. The fourth-order valence-electron chi connectivity index (χ4n) is 3.24. The number of anilines is 1. The van der Waals surface area contributed by atoms with Crippen LogP contribution in [0.5, 0.6) is 0 Å². The number of hydrogen-bond donors (Lipinski definition) is 0. The second kappa shape index (κ2) is 7.54. The Kier molecular flexibility index (Phi) is 4.94. The predicted molar refractivity (Wildman–Crippen MR) is 103 cm³/mol. The standard InChI is InChI=1S/C19H17ClN6O2/c1-25-15-5-3-2-4-14(15)23-18(25)12(10-21)17(27)16-13(20)11-22-19(24-16)26-6-8-28-9-7-26/h2-5,11-12H,6-9H2,1H3. The first-order chi connectivity index (χ1) is 13.6. The van der Waals surface area contributed by atoms with Gasteiger partial charge in [0, 0.05) is 20.1 Å². The predicted octanol–water partition coefficient (Wildman–Crippen LogP) is 2.34. The summed E-state index contributed by atoms with van der Waals surface area (Å²) in [6.45, 7) is 2.38. The van der Waals surface area contributed by atoms with E-state index in [1.54, 1.807) is 11.6 Å². The number of carbonyl (C=O) groups excluding carboxylic acids is 1. The summed E-state index contributed by atoms with van der Waals surface area (Å²) in [5.41, 5.74) is 1.58. The number of carbonyl (C=O) groups is 1. The van der Waals surface area contributed by atoms with E-state index >= 15 is 0 Å². The maximum Gasteiger partial charge on any atom is 0.226 e. The molecule has 1 aliphatic rings. The zero-order chi connectivity index (χ0) is 19.7. The summed E-state index contributed by atoms with van der Waals surface area (Å²) in [5.74, 6) is -0.862. The van der Waals surface area contributed by atoms with Gasteiger partial charge in [0.2, 0.25) is 11.7 Å². The van der Waals surface area contributed by atoms with E-state index in [2.05, 4.69) is 21.0 Å². The van der Waals surface area contributed by atoms with Crippen LogP contribution < -0.4 is 4.90 Å². The molecule has 0 spiro atoms. The molecule has 0 saturated carbocycles. The van der Waals surface area contributed by atoms with E-state index in [-0.39, 0.29) is 10.7 Å². The minimum Gasteiger partial charge on any atom is -0.378 e. The van der Waals surface area contributed by atoms with Crippen molar-refractivity contribution < 1.29 is 9.53 Å². The fourth-order valence-corrected chi connectivity index (χ4v) is 3.42. The molecule has 3 aromatic rings. The topological polar surface area (TPSA) is 96.9 Å². The van der Waals surface area contributed by atoms with Gasteiger partial charge in [-0.25, -0.2) is 15.0 Å². The van der Waals surface area contributed by atoms with Crippen molar-refractivity contribution in [2.24, 2.45) is 7.05 Å². The molecule has 28 heavy (non-hydrogen) atoms. The van der Waals surface area contributed by atoms with Gasteiger partial charge in [-0.3, -0.25) is 4.79 Å². The largest absolute Gasteiger partial charge is 0.378 e. The molecule has 1 atom stereocenters. The Labute approximate surface area is 166 Å². The first-order valence-electron chi connectivity index (χ1n) is 8.80. The van der Waals surface area contributed by atoms with Crippen molar-refractivity contribution in [2.45, 2.75) is 5.92 Å². The molecule has 3 heterocycles. The molecule has 8 nitrogen and oxygen atoms in total. The number of aromatic nitrogens is 4. The van der Waals surface area contributed by atoms with E-state index in [0.717, 1.165) is 11.0 Å². The zero-order valence-electron chi connectivity index (χ0n) is 15.2. The van der Waals surface area contributed by atoms with Crippen LogP contribution >= 0.6 is 11.6 Å². The molecule has 1 saturated heterocycles. The Balaban J connectivity index is 1.72. The van der Waals surface area contributed by atoms with Gasteiger partial charge in [0.1, 0.15) is 11.5 Å². The number of ketones is 1. The number of Topliss-reactive ketones (excluding diaryl/α,β-unsaturated/α-hetero) is 1. The molecule has 1 aliphatic heterocycles. The average Bonchev–Trinajstić information content (AvgIpc) is 3.06. The third-order valence-corrected chi connectivity index (χ3v) is 5.01. The first-order valence-corrected chi connectivity index (χ1v) is 9.18. The number of ether oxygens (including phenoxy) is 1. The Morgan fingerprint density at radius 3 is 2.75 bits per heavy atom. The number of fused-ring (bicyclic) bond motifs is 1. The maximum absolute atomic E-state index is 13.2. The molecular formula is C19H17ClN6O2. The van der Waals surface area contributed by atoms with Gasteiger partial charge in [-0.1, -0.05) is 23.7 Å². The Morgan fingerprint density at radius 2 is 2.04 bits per heavy atom. The van der Waals surface area contributed by atoms with Gasteiger partial charge in [-0.15, -0.1) is 0 Å². The number of para-hydroxylation sites is 2. The average molecular weight is 397 g/mol. The summed E-state index contributed by atoms with van der Waals surface area (Å²) in [5, 5.41) is 9.84. The van der Waals surface area contributed by atoms with Crippen molar-refractivity contribution in [1.82, 2.24) is 19.5 Å². The van der Waals surface area contributed by atoms with E-state index in [9.17, 15) is 10.1 Å². The number of aryl methyl sites for hydroxylation is 1. The van der Waals surface area contributed by atoms with E-state index in [0.29, 0.717) is 38.1 Å². The van der Waals surface area contributed by atoms with Crippen LogP contribution in [0.1, 0.15) is 22.2 Å². The molecule has 0 amide bonds. The minimum atomic E-state index is -1.12. The number of imidazole rings is 1. The van der Waals surface area contributed by atoms with E-state index in [1.165, 1.54) is 6.20 Å². The van der Waals surface area contributed by atoms with Crippen LogP contribution in [-0.2, 0) is 11.8 Å². The summed E-state index contributed by atoms with van der Waals surface area (Å²) in [6.07, 6.45) is 1.40. The number of morpholine rings is 1. The summed E-state index contributed by atoms with van der Waals surface area (Å²) in [6, 6.07) is 9.53. The summed E-state index contributed by atoms with van der Waals surface area (Å²) in [7, 11) is 1.78. The monoisotopic (exact) mass is 396 g/mol. The second-order valence-electron chi connectivity index (χ2n) is 6.41. The highest BCUT2D eigenvalue weighted by molar-refractivity contribution is 6.33. The van der Waals surface area contributed by atoms with E-state index in [4.69, 9.17) is 16.3 Å². The van der Waals surface area contributed by atoms with Crippen LogP contribution in [0.2, 0.25) is 5.02 Å². The van der Waals surface area contributed by atoms with Crippen LogP contribution in [0.3, 0.4) is 0 Å². The number of nitrogens with zero attached hydrogens (tertiary/aromatic N) is 6. The highest BCUT2D eigenvalue weighted by Crippen LogP contribution is 2.27. The van der Waals surface area contributed by atoms with Crippen LogP contribution in [0, 0.1) is 11.3 Å². The minimum absolute atomic E-state index is 0.0248. The van der Waals surface area contributed by atoms with Crippen molar-refractivity contribution in [3.05, 3.63) is 47.0 Å². The highest BCUT2D eigenvalue weighted by atomic mass is 35.5. The fraction of sp³-hybridized carbons (Fsp3) is 0.316. The third kappa shape index (κ3) is 3.19. The Hall–Kier alpha value is -3.02. The molecular weight excluding hydrogens is 380 g/mol. The molecule has 1 fully saturated rings. The van der Waals surface area contributed by atoms with Gasteiger partial charge in [0.15, 0.2) is 5.92 Å². The number of nitriles is 1. The molecule has 9 heteroatoms. The molecule has 1 aromatic carbocycles. The summed E-state index contributed by atoms with van der Waals surface area (Å²) < 4.78 is 7.08. The van der Waals surface area contributed by atoms with E-state index in [1.807, 2.05) is 29.2 Å². The van der Waals surface area contributed by atoms with Gasteiger partial charge < -0.3 is 14.2 Å². The zero-order valence-corrected chi connectivity index (χ0v) is 15.9. The SMILES string of the molecule is Cn1c(C(C#N)C(=O)c2nc(N3CCOCC3)ncc2Cl)nc2ccccc21. The lowest BCUT2D eigenvalue weighted by Crippen LogP contribution is -2.37. The van der Waals surface area contributed by atoms with Gasteiger partial charge in [0.25, 0.3) is 0 Å². The van der Waals surface area contributed by atoms with Crippen molar-refractivity contribution in [3.8, 4) is 6.07 Å². The Morgan fingerprint density at radius 1 is 1.29 bits per heavy atom. The normalized spacial score (nSPS) is 15.4. The molecule has 1 unspecified atom stereocenters. The number of benzene rings is 1. The lowest BCUT2D eigenvalue weighted by Gasteiger charge is -2.27. The number of halogens is 1. The molecule has 4 rings (SSSR count). The quantitative estimate of drug-likeness (QED) is 0.624. The van der Waals surface area contributed by atoms with Crippen molar-refractivity contribution in [3.63, 3.8) is 0 Å². The third-order valence-electron chi connectivity index (χ3n) is 4.73. The summed E-state index contributed by atoms with van der Waals surface area (Å²) >= 11 is 6.21. The molecule has 0 N–H and O–H groups in total. The van der Waals surface area contributed by atoms with Gasteiger partial charge in [0.05, 0.1) is 41.5 Å². The number of rotatable bonds is 4. The summed E-state index contributed by atoms with van der Waals surface area (Å²) in [4.78, 5) is 28.2. The lowest BCUT2D eigenvalue weighted by molar-refractivity contribution is 0.0970. The number of hydrogen-bond acceptors (Lipinski definition) is 7. The van der Waals surface area contributed by atoms with Crippen LogP contribution in [-0.4, -0.2) is 51.6 Å². The van der Waals surface area contributed by atoms with Crippen LogP contribution in [0.4, 0.5) is 5.95 Å². The Bertz CT molecular complexity index is 1080. The lowest BCUT2D eigenvalue weighted by atomic mass is 10.0. The van der Waals surface area contributed by atoms with Gasteiger partial charge in [-0.2, -0.15) is 5.26 Å². The van der Waals surface area contributed by atoms with Crippen LogP contribution in [0.25, 0.3) is 11.0 Å². The molecule has 0 aliphatic carbocycles. The van der Waals surface area contributed by atoms with Gasteiger partial charge >= 0.3 is 0 Å². The maximum atomic E-state index is 13.2. The van der Waals surface area contributed by atoms with E-state index < -0.39 is 11.7 Å². The van der Waals surface area contributed by atoms with Gasteiger partial charge in [-0.05, 0) is 12.1 Å². The van der Waals surface area contributed by atoms with Crippen molar-refractivity contribution in [1.29, 1.82) is 5.26 Å². The highest BCUT2D eigenvalue weighted by Gasteiger charge is 2.30. The van der Waals surface area contributed by atoms with Crippen molar-refractivity contribution >= 4 is 34.4 Å². The van der Waals surface area contributed by atoms with Crippen LogP contribution in [0.15, 0.2) is 30.5 Å². The molecule has 142 valence electrons. The first kappa shape index (κ1) is 18.3. The molecule has 2 aromatic heterocycles. The van der Waals surface area contributed by atoms with Crippen molar-refractivity contribution in [2.75, 3.05) is 31.2 Å². The molecule has 0 bridgehead atoms. The smallest absolute Gasteiger partial charge is 0.226 e. The molecule has 0 radical (unpaired) electrons.